The van der Waals surface area contributed by atoms with Crippen molar-refractivity contribution in [1.82, 2.24) is 9.88 Å². The zero-order valence-electron chi connectivity index (χ0n) is 16.9. The lowest BCUT2D eigenvalue weighted by atomic mass is 9.89. The fourth-order valence-corrected chi connectivity index (χ4v) is 3.95. The molecule has 2 aromatic rings. The van der Waals surface area contributed by atoms with E-state index < -0.39 is 40.5 Å². The van der Waals surface area contributed by atoms with Gasteiger partial charge in [0.25, 0.3) is 0 Å². The maximum Gasteiger partial charge on any atom is 0.417 e. The number of carbonyl (C=O) groups is 3. The SMILES string of the molecule is CC1CCC(c2ccc(C(F)(F)F)c(Cl)c2)N(C(=O)C(=O)Nc2cncc(C(N)=O)c2)C1. The minimum Gasteiger partial charge on any atom is -0.366 e. The molecule has 3 amide bonds. The second-order valence-electron chi connectivity index (χ2n) is 7.67. The second kappa shape index (κ2) is 9.15. The maximum atomic E-state index is 13.0. The van der Waals surface area contributed by atoms with Gasteiger partial charge in [-0.3, -0.25) is 19.4 Å². The van der Waals surface area contributed by atoms with Crippen molar-refractivity contribution >= 4 is 35.0 Å². The van der Waals surface area contributed by atoms with Crippen LogP contribution in [-0.4, -0.2) is 34.2 Å². The van der Waals surface area contributed by atoms with Gasteiger partial charge < -0.3 is 16.0 Å². The molecule has 0 aliphatic carbocycles. The van der Waals surface area contributed by atoms with Gasteiger partial charge in [0, 0.05) is 12.7 Å². The third kappa shape index (κ3) is 5.18. The zero-order valence-corrected chi connectivity index (χ0v) is 17.7. The van der Waals surface area contributed by atoms with Gasteiger partial charge in [0.2, 0.25) is 5.91 Å². The van der Waals surface area contributed by atoms with E-state index in [2.05, 4.69) is 10.3 Å². The van der Waals surface area contributed by atoms with Gasteiger partial charge in [-0.25, -0.2) is 0 Å². The van der Waals surface area contributed by atoms with Crippen LogP contribution in [-0.2, 0) is 15.8 Å². The molecule has 2 heterocycles. The molecular formula is C21H20ClF3N4O3. The van der Waals surface area contributed by atoms with E-state index in [0.29, 0.717) is 12.0 Å². The Morgan fingerprint density at radius 2 is 1.91 bits per heavy atom. The van der Waals surface area contributed by atoms with Crippen LogP contribution in [0.15, 0.2) is 36.7 Å². The summed E-state index contributed by atoms with van der Waals surface area (Å²) in [5, 5.41) is 1.91. The molecule has 1 saturated heterocycles. The van der Waals surface area contributed by atoms with Crippen LogP contribution in [0.4, 0.5) is 18.9 Å². The Kier molecular flexibility index (Phi) is 6.73. The van der Waals surface area contributed by atoms with E-state index in [9.17, 15) is 27.6 Å². The summed E-state index contributed by atoms with van der Waals surface area (Å²) >= 11 is 5.85. The molecule has 1 aliphatic rings. The molecule has 3 N–H and O–H groups in total. The van der Waals surface area contributed by atoms with Crippen LogP contribution >= 0.6 is 11.6 Å². The number of aromatic nitrogens is 1. The average Bonchev–Trinajstić information content (AvgIpc) is 2.72. The van der Waals surface area contributed by atoms with E-state index in [4.69, 9.17) is 17.3 Å². The third-order valence-corrected chi connectivity index (χ3v) is 5.55. The molecule has 0 saturated carbocycles. The number of hydrogen-bond donors (Lipinski definition) is 2. The highest BCUT2D eigenvalue weighted by Gasteiger charge is 2.37. The molecule has 32 heavy (non-hydrogen) atoms. The minimum absolute atomic E-state index is 0.0547. The van der Waals surface area contributed by atoms with Crippen LogP contribution in [0.2, 0.25) is 5.02 Å². The molecule has 1 aromatic carbocycles. The number of halogens is 4. The number of piperidine rings is 1. The molecule has 0 spiro atoms. The standard InChI is InChI=1S/C21H20ClF3N4O3/c1-11-2-5-17(12-3-4-15(16(22)7-12)21(23,24)25)29(10-11)20(32)19(31)28-14-6-13(18(26)30)8-27-9-14/h3-4,6-9,11,17H,2,5,10H2,1H3,(H2,26,30)(H,28,31). The third-order valence-electron chi connectivity index (χ3n) is 5.24. The Morgan fingerprint density at radius 3 is 2.53 bits per heavy atom. The molecule has 11 heteroatoms. The fraction of sp³-hybridized carbons (Fsp3) is 0.333. The summed E-state index contributed by atoms with van der Waals surface area (Å²) < 4.78 is 39.1. The van der Waals surface area contributed by atoms with Crippen LogP contribution < -0.4 is 11.1 Å². The van der Waals surface area contributed by atoms with Crippen LogP contribution in [0.25, 0.3) is 0 Å². The number of likely N-dealkylation sites (tertiary alicyclic amines) is 1. The fourth-order valence-electron chi connectivity index (χ4n) is 3.65. The molecule has 2 unspecified atom stereocenters. The van der Waals surface area contributed by atoms with Crippen molar-refractivity contribution in [3.63, 3.8) is 0 Å². The Balaban J connectivity index is 1.84. The highest BCUT2D eigenvalue weighted by molar-refractivity contribution is 6.39. The van der Waals surface area contributed by atoms with Crippen LogP contribution in [0.3, 0.4) is 0 Å². The van der Waals surface area contributed by atoms with Gasteiger partial charge in [0.05, 0.1) is 34.1 Å². The summed E-state index contributed by atoms with van der Waals surface area (Å²) in [6, 6.07) is 4.00. The largest absolute Gasteiger partial charge is 0.417 e. The number of alkyl halides is 3. The van der Waals surface area contributed by atoms with Crippen molar-refractivity contribution in [3.05, 3.63) is 58.4 Å². The van der Waals surface area contributed by atoms with Gasteiger partial charge in [-0.05, 0) is 42.5 Å². The van der Waals surface area contributed by atoms with Gasteiger partial charge in [0.15, 0.2) is 0 Å². The summed E-state index contributed by atoms with van der Waals surface area (Å²) in [7, 11) is 0. The summed E-state index contributed by atoms with van der Waals surface area (Å²) in [4.78, 5) is 42.0. The van der Waals surface area contributed by atoms with Gasteiger partial charge in [-0.2, -0.15) is 13.2 Å². The zero-order chi connectivity index (χ0) is 23.6. The van der Waals surface area contributed by atoms with E-state index >= 15 is 0 Å². The first-order valence-electron chi connectivity index (χ1n) is 9.70. The van der Waals surface area contributed by atoms with E-state index in [1.165, 1.54) is 35.5 Å². The highest BCUT2D eigenvalue weighted by atomic mass is 35.5. The van der Waals surface area contributed by atoms with E-state index in [1.54, 1.807) is 0 Å². The topological polar surface area (TPSA) is 105 Å². The predicted molar refractivity (Wildman–Crippen MR) is 111 cm³/mol. The normalized spacial score (nSPS) is 18.8. The number of hydrogen-bond acceptors (Lipinski definition) is 4. The average molecular weight is 469 g/mol. The molecule has 3 rings (SSSR count). The van der Waals surface area contributed by atoms with Gasteiger partial charge in [0.1, 0.15) is 0 Å². The Hall–Kier alpha value is -3.14. The maximum absolute atomic E-state index is 13.0. The molecule has 170 valence electrons. The Morgan fingerprint density at radius 1 is 1.19 bits per heavy atom. The van der Waals surface area contributed by atoms with Crippen molar-refractivity contribution in [3.8, 4) is 0 Å². The monoisotopic (exact) mass is 468 g/mol. The molecule has 0 bridgehead atoms. The van der Waals surface area contributed by atoms with E-state index in [0.717, 1.165) is 12.5 Å². The summed E-state index contributed by atoms with van der Waals surface area (Å²) in [5.74, 6) is -2.48. The Bertz CT molecular complexity index is 1060. The van der Waals surface area contributed by atoms with Crippen molar-refractivity contribution in [2.24, 2.45) is 11.7 Å². The minimum atomic E-state index is -4.60. The first kappa shape index (κ1) is 23.5. The molecular weight excluding hydrogens is 449 g/mol. The van der Waals surface area contributed by atoms with Gasteiger partial charge in [-0.1, -0.05) is 24.6 Å². The number of primary amides is 1. The van der Waals surface area contributed by atoms with Gasteiger partial charge >= 0.3 is 18.0 Å². The number of nitrogens with one attached hydrogen (secondary N) is 1. The number of carbonyl (C=O) groups excluding carboxylic acids is 3. The van der Waals surface area contributed by atoms with Crippen molar-refractivity contribution in [2.45, 2.75) is 32.0 Å². The lowest BCUT2D eigenvalue weighted by Gasteiger charge is -2.38. The molecule has 0 radical (unpaired) electrons. The number of rotatable bonds is 3. The van der Waals surface area contributed by atoms with Crippen molar-refractivity contribution in [1.29, 1.82) is 0 Å². The molecule has 1 aliphatic heterocycles. The van der Waals surface area contributed by atoms with Gasteiger partial charge in [-0.15, -0.1) is 0 Å². The first-order chi connectivity index (χ1) is 15.0. The number of anilines is 1. The lowest BCUT2D eigenvalue weighted by molar-refractivity contribution is -0.146. The smallest absolute Gasteiger partial charge is 0.366 e. The van der Waals surface area contributed by atoms with Crippen molar-refractivity contribution in [2.75, 3.05) is 11.9 Å². The molecule has 1 fully saturated rings. The quantitative estimate of drug-likeness (QED) is 0.668. The van der Waals surface area contributed by atoms with Crippen LogP contribution in [0.5, 0.6) is 0 Å². The second-order valence-corrected chi connectivity index (χ2v) is 8.08. The molecule has 1 aromatic heterocycles. The van der Waals surface area contributed by atoms with Crippen LogP contribution in [0, 0.1) is 5.92 Å². The number of nitrogens with zero attached hydrogens (tertiary/aromatic N) is 2. The van der Waals surface area contributed by atoms with E-state index in [-0.39, 0.29) is 23.7 Å². The first-order valence-corrected chi connectivity index (χ1v) is 10.1. The number of pyridine rings is 1. The number of amides is 3. The van der Waals surface area contributed by atoms with E-state index in [1.807, 2.05) is 6.92 Å². The van der Waals surface area contributed by atoms with Crippen molar-refractivity contribution < 1.29 is 27.6 Å². The summed E-state index contributed by atoms with van der Waals surface area (Å²) in [6.45, 7) is 2.16. The number of benzene rings is 1. The lowest BCUT2D eigenvalue weighted by Crippen LogP contribution is -2.46. The Labute approximate surface area is 186 Å². The van der Waals surface area contributed by atoms with Crippen LogP contribution in [0.1, 0.15) is 47.3 Å². The highest BCUT2D eigenvalue weighted by Crippen LogP contribution is 2.39. The summed E-state index contributed by atoms with van der Waals surface area (Å²) in [6.07, 6.45) is -0.945. The molecule has 7 nitrogen and oxygen atoms in total. The summed E-state index contributed by atoms with van der Waals surface area (Å²) in [5.41, 5.74) is 4.80. The molecule has 2 atom stereocenters. The predicted octanol–water partition coefficient (Wildman–Crippen LogP) is 3.79. The number of nitrogens with two attached hydrogens (primary N) is 1.